The number of piperazine rings is 1. The molecule has 7 rings (SSSR count). The van der Waals surface area contributed by atoms with Crippen molar-refractivity contribution in [2.75, 3.05) is 43.1 Å². The van der Waals surface area contributed by atoms with Gasteiger partial charge in [-0.1, -0.05) is 34.1 Å². The average Bonchev–Trinajstić information content (AvgIpc) is 3.09. The zero-order valence-corrected chi connectivity index (χ0v) is 30.7. The van der Waals surface area contributed by atoms with Gasteiger partial charge in [0.15, 0.2) is 0 Å². The number of aryl methyl sites for hydroxylation is 1. The third-order valence-electron chi connectivity index (χ3n) is 10.4. The number of hydrogen-bond acceptors (Lipinski definition) is 9. The van der Waals surface area contributed by atoms with Crippen LogP contribution in [0.15, 0.2) is 70.6 Å². The lowest BCUT2D eigenvalue weighted by Gasteiger charge is -2.47. The van der Waals surface area contributed by atoms with Crippen LogP contribution < -0.4 is 21.3 Å². The van der Waals surface area contributed by atoms with Crippen LogP contribution in [0.1, 0.15) is 51.7 Å². The molecule has 0 amide bonds. The van der Waals surface area contributed by atoms with Crippen LogP contribution in [-0.4, -0.2) is 74.3 Å². The first-order valence-electron chi connectivity index (χ1n) is 18.0. The van der Waals surface area contributed by atoms with Gasteiger partial charge in [-0.2, -0.15) is 9.78 Å². The second-order valence-corrected chi connectivity index (χ2v) is 15.1. The van der Waals surface area contributed by atoms with Crippen molar-refractivity contribution in [1.29, 1.82) is 0 Å². The number of rotatable bonds is 9. The minimum atomic E-state index is -0.792. The molecular formula is C40H45F2N7O4. The van der Waals surface area contributed by atoms with Gasteiger partial charge in [0.2, 0.25) is 0 Å². The Morgan fingerprint density at radius 3 is 2.47 bits per heavy atom. The summed E-state index contributed by atoms with van der Waals surface area (Å²) in [6.45, 7) is 11.8. The zero-order chi connectivity index (χ0) is 37.6. The molecule has 5 heterocycles. The Bertz CT molecular complexity index is 2280. The molecule has 2 aromatic carbocycles. The summed E-state index contributed by atoms with van der Waals surface area (Å²) in [4.78, 5) is 36.6. The van der Waals surface area contributed by atoms with Crippen molar-refractivity contribution in [1.82, 2.24) is 24.2 Å². The van der Waals surface area contributed by atoms with Gasteiger partial charge in [-0.05, 0) is 59.4 Å². The molecule has 0 spiro atoms. The van der Waals surface area contributed by atoms with Gasteiger partial charge < -0.3 is 24.6 Å². The largest absolute Gasteiger partial charge is 0.392 e. The fourth-order valence-corrected chi connectivity index (χ4v) is 7.36. The highest BCUT2D eigenvalue weighted by molar-refractivity contribution is 5.83. The van der Waals surface area contributed by atoms with Crippen molar-refractivity contribution in [3.05, 3.63) is 105 Å². The van der Waals surface area contributed by atoms with E-state index in [0.717, 1.165) is 62.1 Å². The van der Waals surface area contributed by atoms with E-state index in [-0.39, 0.29) is 38.9 Å². The van der Waals surface area contributed by atoms with Crippen LogP contribution in [0.2, 0.25) is 0 Å². The van der Waals surface area contributed by atoms with Crippen molar-refractivity contribution in [2.24, 2.45) is 7.05 Å². The van der Waals surface area contributed by atoms with Gasteiger partial charge in [0.25, 0.3) is 11.1 Å². The Labute approximate surface area is 306 Å². The number of pyridine rings is 2. The third-order valence-corrected chi connectivity index (χ3v) is 10.4. The molecule has 2 fully saturated rings. The molecule has 0 radical (unpaired) electrons. The van der Waals surface area contributed by atoms with Crippen LogP contribution in [0.5, 0.6) is 0 Å². The molecule has 2 aliphatic rings. The monoisotopic (exact) mass is 725 g/mol. The van der Waals surface area contributed by atoms with Crippen molar-refractivity contribution in [3.63, 3.8) is 0 Å². The van der Waals surface area contributed by atoms with Crippen molar-refractivity contribution >= 4 is 28.0 Å². The average molecular weight is 726 g/mol. The summed E-state index contributed by atoms with van der Waals surface area (Å²) in [5, 5.41) is 18.1. The van der Waals surface area contributed by atoms with Crippen molar-refractivity contribution in [2.45, 2.75) is 64.6 Å². The summed E-state index contributed by atoms with van der Waals surface area (Å²) < 4.78 is 38.5. The topological polar surface area (TPSA) is 118 Å². The van der Waals surface area contributed by atoms with Crippen LogP contribution in [0.25, 0.3) is 27.6 Å². The summed E-state index contributed by atoms with van der Waals surface area (Å²) in [5.74, 6) is -0.978. The van der Waals surface area contributed by atoms with E-state index in [1.165, 1.54) is 29.1 Å². The molecular weight excluding hydrogens is 680 g/mol. The summed E-state index contributed by atoms with van der Waals surface area (Å²) >= 11 is 0. The maximum atomic E-state index is 15.4. The van der Waals surface area contributed by atoms with Gasteiger partial charge >= 0.3 is 0 Å². The molecule has 2 aliphatic heterocycles. The van der Waals surface area contributed by atoms with E-state index < -0.39 is 23.8 Å². The first kappa shape index (κ1) is 36.4. The lowest BCUT2D eigenvalue weighted by Crippen LogP contribution is -2.60. The highest BCUT2D eigenvalue weighted by atomic mass is 19.1. The zero-order valence-electron chi connectivity index (χ0n) is 30.7. The van der Waals surface area contributed by atoms with Gasteiger partial charge in [0.05, 0.1) is 55.0 Å². The molecule has 11 nitrogen and oxygen atoms in total. The minimum Gasteiger partial charge on any atom is -0.392 e. The normalized spacial score (nSPS) is 17.0. The van der Waals surface area contributed by atoms with Crippen LogP contribution >= 0.6 is 0 Å². The van der Waals surface area contributed by atoms with Gasteiger partial charge in [0, 0.05) is 61.5 Å². The number of aliphatic hydroxyl groups excluding tert-OH is 1. The van der Waals surface area contributed by atoms with E-state index in [0.29, 0.717) is 34.4 Å². The molecule has 0 aliphatic carbocycles. The second kappa shape index (κ2) is 14.4. The molecule has 0 saturated carbocycles. The predicted octanol–water partition coefficient (Wildman–Crippen LogP) is 5.65. The Hall–Kier alpha value is -4.98. The Kier molecular flexibility index (Phi) is 9.92. The van der Waals surface area contributed by atoms with Gasteiger partial charge in [-0.15, -0.1) is 0 Å². The molecule has 278 valence electrons. The Morgan fingerprint density at radius 2 is 1.81 bits per heavy atom. The maximum Gasteiger partial charge on any atom is 0.282 e. The molecule has 0 bridgehead atoms. The minimum absolute atomic E-state index is 0.0439. The number of aromatic nitrogens is 4. The highest BCUT2D eigenvalue weighted by Gasteiger charge is 2.34. The fourth-order valence-electron chi connectivity index (χ4n) is 7.36. The number of nitrogens with zero attached hydrogens (tertiary/aromatic N) is 6. The Morgan fingerprint density at radius 1 is 1.02 bits per heavy atom. The number of hydrogen-bond donors (Lipinski definition) is 2. The quantitative estimate of drug-likeness (QED) is 0.199. The maximum absolute atomic E-state index is 15.4. The second-order valence-electron chi connectivity index (χ2n) is 15.1. The predicted molar refractivity (Wildman–Crippen MR) is 202 cm³/mol. The number of benzene rings is 2. The molecule has 3 aromatic heterocycles. The first-order chi connectivity index (χ1) is 25.4. The van der Waals surface area contributed by atoms with E-state index in [9.17, 15) is 14.7 Å². The third kappa shape index (κ3) is 7.08. The molecule has 2 saturated heterocycles. The summed E-state index contributed by atoms with van der Waals surface area (Å²) in [6, 6.07) is 11.6. The van der Waals surface area contributed by atoms with Crippen LogP contribution in [0, 0.1) is 11.6 Å². The SMILES string of the molecule is CCCC1CN(C2COC2)CCN1c1ccc(Nc2cc(-c3cc(F)cc(-n4ncc5cc(C(C)(C)C)cc(F)c5c4=O)c3CO)cn(C)c2=O)nc1. The van der Waals surface area contributed by atoms with Crippen LogP contribution in [-0.2, 0) is 23.8 Å². The van der Waals surface area contributed by atoms with Gasteiger partial charge in [-0.3, -0.25) is 14.5 Å². The highest BCUT2D eigenvalue weighted by Crippen LogP contribution is 2.32. The van der Waals surface area contributed by atoms with E-state index in [2.05, 4.69) is 32.1 Å². The number of anilines is 3. The molecule has 13 heteroatoms. The number of ether oxygens (including phenoxy) is 1. The molecule has 2 N–H and O–H groups in total. The number of halogens is 2. The molecule has 1 unspecified atom stereocenters. The number of nitrogens with one attached hydrogen (secondary N) is 1. The lowest BCUT2D eigenvalue weighted by atomic mass is 9.86. The number of fused-ring (bicyclic) bond motifs is 1. The summed E-state index contributed by atoms with van der Waals surface area (Å²) in [6.07, 6.45) is 6.83. The van der Waals surface area contributed by atoms with E-state index >= 15 is 8.78 Å². The summed E-state index contributed by atoms with van der Waals surface area (Å²) in [5.41, 5.74) is 1.13. The van der Waals surface area contributed by atoms with Crippen molar-refractivity contribution in [3.8, 4) is 16.8 Å². The standard InChI is InChI=1S/C40H45F2N7O4/c1-6-7-29-20-47(30-22-53-23-30)10-11-48(29)28-8-9-36(43-18-28)45-34-13-25(19-46(5)38(34)51)31-15-27(41)16-35(32(31)21-50)49-39(52)37-24(17-44-49)12-26(14-33(37)42)40(2,3)4/h8-9,12-19,29-30,50H,6-7,10-11,20-23H2,1-5H3,(H,43,45). The summed E-state index contributed by atoms with van der Waals surface area (Å²) in [7, 11) is 1.57. The molecule has 1 atom stereocenters. The van der Waals surface area contributed by atoms with E-state index in [1.54, 1.807) is 19.2 Å². The van der Waals surface area contributed by atoms with Gasteiger partial charge in [0.1, 0.15) is 23.1 Å². The first-order valence-corrected chi connectivity index (χ1v) is 18.0. The molecule has 53 heavy (non-hydrogen) atoms. The van der Waals surface area contributed by atoms with E-state index in [1.807, 2.05) is 39.1 Å². The smallest absolute Gasteiger partial charge is 0.282 e. The van der Waals surface area contributed by atoms with Gasteiger partial charge in [-0.25, -0.2) is 13.8 Å². The van der Waals surface area contributed by atoms with Crippen LogP contribution in [0.3, 0.4) is 0 Å². The molecule has 5 aromatic rings. The van der Waals surface area contributed by atoms with E-state index in [4.69, 9.17) is 4.74 Å². The fraction of sp³-hybridized carbons (Fsp3) is 0.400. The van der Waals surface area contributed by atoms with Crippen LogP contribution in [0.4, 0.5) is 26.0 Å². The van der Waals surface area contributed by atoms with Crippen molar-refractivity contribution < 1.29 is 18.6 Å². The number of aliphatic hydroxyl groups is 1. The Balaban J connectivity index is 1.20. The lowest BCUT2D eigenvalue weighted by molar-refractivity contribution is -0.0700.